The third kappa shape index (κ3) is 5.88. The smallest absolute Gasteiger partial charge is 0.412 e. The molecule has 0 aliphatic carbocycles. The Morgan fingerprint density at radius 3 is 0.963 bits per heavy atom. The quantitative estimate of drug-likeness (QED) is 0.529. The zero-order chi connectivity index (χ0) is 18.6. The summed E-state index contributed by atoms with van der Waals surface area (Å²) in [6.45, 7) is 5.90. The summed E-state index contributed by atoms with van der Waals surface area (Å²) in [6, 6.07) is 21.6. The number of phosphoric ester groups is 1. The maximum Gasteiger partial charge on any atom is 0.647 e. The van der Waals surface area contributed by atoms with Crippen LogP contribution >= 0.6 is 7.82 Å². The average Bonchev–Trinajstić information content (AvgIpc) is 2.61. The van der Waals surface area contributed by atoms with Crippen LogP contribution in [-0.4, -0.2) is 5.48 Å². The molecule has 0 spiro atoms. The van der Waals surface area contributed by atoms with Crippen molar-refractivity contribution in [2.75, 3.05) is 0 Å². The van der Waals surface area contributed by atoms with Crippen molar-refractivity contribution in [1.82, 2.24) is 0 Å². The van der Waals surface area contributed by atoms with Crippen molar-refractivity contribution in [3.8, 4) is 17.2 Å². The second-order valence-corrected chi connectivity index (χ2v) is 7.60. The van der Waals surface area contributed by atoms with Crippen molar-refractivity contribution in [1.29, 1.82) is 0 Å². The summed E-state index contributed by atoms with van der Waals surface area (Å²) < 4.78 is 30.2. The maximum atomic E-state index is 13.3. The van der Waals surface area contributed by atoms with E-state index in [0.29, 0.717) is 17.2 Å². The molecule has 0 heterocycles. The molecule has 0 aliphatic heterocycles. The summed E-state index contributed by atoms with van der Waals surface area (Å²) >= 11 is 0. The van der Waals surface area contributed by atoms with Gasteiger partial charge in [0.15, 0.2) is 0 Å². The number of phosphoric acid groups is 1. The van der Waals surface area contributed by atoms with Crippen molar-refractivity contribution in [2.45, 2.75) is 20.8 Å². The fraction of sp³-hybridized carbons (Fsp3) is 0.143. The zero-order valence-electron chi connectivity index (χ0n) is 15.5. The van der Waals surface area contributed by atoms with Gasteiger partial charge < -0.3 is 19.0 Å². The molecule has 0 saturated carbocycles. The molecular formula is C21H23O5P. The molecule has 142 valence electrons. The highest BCUT2D eigenvalue weighted by atomic mass is 31.2. The highest BCUT2D eigenvalue weighted by Gasteiger charge is 2.33. The van der Waals surface area contributed by atoms with E-state index in [1.807, 2.05) is 57.2 Å². The third-order valence-corrected chi connectivity index (χ3v) is 5.02. The standard InChI is InChI=1S/C21H21O4P.H2O/c1-16-4-10-19(11-5-16)23-26(22,24-20-12-6-17(2)7-13-20)25-21-14-8-18(3)9-15-21;/h4-15H,1-3H3;1H2. The van der Waals surface area contributed by atoms with Gasteiger partial charge in [0.1, 0.15) is 17.2 Å². The van der Waals surface area contributed by atoms with Gasteiger partial charge in [-0.05, 0) is 57.2 Å². The van der Waals surface area contributed by atoms with Gasteiger partial charge >= 0.3 is 7.82 Å². The van der Waals surface area contributed by atoms with Crippen molar-refractivity contribution in [3.05, 3.63) is 89.5 Å². The molecule has 0 radical (unpaired) electrons. The molecule has 0 unspecified atom stereocenters. The van der Waals surface area contributed by atoms with Gasteiger partial charge in [0.2, 0.25) is 0 Å². The monoisotopic (exact) mass is 386 g/mol. The Hall–Kier alpha value is -2.75. The van der Waals surface area contributed by atoms with E-state index in [-0.39, 0.29) is 5.48 Å². The van der Waals surface area contributed by atoms with E-state index in [0.717, 1.165) is 16.7 Å². The molecule has 0 fully saturated rings. The van der Waals surface area contributed by atoms with Crippen LogP contribution in [0.15, 0.2) is 72.8 Å². The second kappa shape index (κ2) is 8.76. The number of rotatable bonds is 6. The van der Waals surface area contributed by atoms with Gasteiger partial charge in [-0.1, -0.05) is 53.1 Å². The SMILES string of the molecule is Cc1ccc(OP(=O)(Oc2ccc(C)cc2)Oc2ccc(C)cc2)cc1.O. The number of aryl methyl sites for hydroxylation is 3. The van der Waals surface area contributed by atoms with Gasteiger partial charge in [-0.25, -0.2) is 0 Å². The normalized spacial score (nSPS) is 10.6. The Labute approximate surface area is 159 Å². The number of hydrogen-bond acceptors (Lipinski definition) is 4. The van der Waals surface area contributed by atoms with Crippen LogP contribution in [0.3, 0.4) is 0 Å². The molecule has 0 saturated heterocycles. The van der Waals surface area contributed by atoms with E-state index < -0.39 is 7.82 Å². The molecule has 0 aliphatic rings. The fourth-order valence-electron chi connectivity index (χ4n) is 2.24. The van der Waals surface area contributed by atoms with Gasteiger partial charge in [0, 0.05) is 0 Å². The minimum Gasteiger partial charge on any atom is -0.412 e. The predicted octanol–water partition coefficient (Wildman–Crippen LogP) is 5.43. The molecule has 0 atom stereocenters. The molecule has 2 N–H and O–H groups in total. The second-order valence-electron chi connectivity index (χ2n) is 6.16. The van der Waals surface area contributed by atoms with E-state index in [4.69, 9.17) is 13.6 Å². The molecular weight excluding hydrogens is 363 g/mol. The van der Waals surface area contributed by atoms with Crippen LogP contribution in [0.4, 0.5) is 0 Å². The van der Waals surface area contributed by atoms with E-state index in [1.54, 1.807) is 36.4 Å². The molecule has 3 aromatic carbocycles. The summed E-state index contributed by atoms with van der Waals surface area (Å²) in [5.41, 5.74) is 3.23. The van der Waals surface area contributed by atoms with E-state index in [1.165, 1.54) is 0 Å². The summed E-state index contributed by atoms with van der Waals surface area (Å²) in [4.78, 5) is 0. The van der Waals surface area contributed by atoms with Crippen LogP contribution in [-0.2, 0) is 4.57 Å². The first-order valence-corrected chi connectivity index (χ1v) is 9.77. The highest BCUT2D eigenvalue weighted by Crippen LogP contribution is 2.49. The van der Waals surface area contributed by atoms with E-state index in [9.17, 15) is 4.57 Å². The van der Waals surface area contributed by atoms with Crippen LogP contribution < -0.4 is 13.6 Å². The molecule has 5 nitrogen and oxygen atoms in total. The zero-order valence-corrected chi connectivity index (χ0v) is 16.4. The minimum absolute atomic E-state index is 0. The molecule has 3 rings (SSSR count). The van der Waals surface area contributed by atoms with Crippen molar-refractivity contribution >= 4 is 7.82 Å². The Morgan fingerprint density at radius 2 is 0.741 bits per heavy atom. The lowest BCUT2D eigenvalue weighted by Crippen LogP contribution is -2.07. The van der Waals surface area contributed by atoms with Gasteiger partial charge in [-0.3, -0.25) is 0 Å². The number of hydrogen-bond donors (Lipinski definition) is 0. The van der Waals surface area contributed by atoms with Gasteiger partial charge in [0.25, 0.3) is 0 Å². The average molecular weight is 386 g/mol. The van der Waals surface area contributed by atoms with Crippen LogP contribution in [0, 0.1) is 20.8 Å². The topological polar surface area (TPSA) is 76.3 Å². The lowest BCUT2D eigenvalue weighted by molar-refractivity contribution is 0.298. The van der Waals surface area contributed by atoms with Crippen LogP contribution in [0.25, 0.3) is 0 Å². The Kier molecular flexibility index (Phi) is 6.67. The fourth-order valence-corrected chi connectivity index (χ4v) is 3.49. The van der Waals surface area contributed by atoms with Crippen molar-refractivity contribution in [2.24, 2.45) is 0 Å². The first-order valence-electron chi connectivity index (χ1n) is 8.31. The summed E-state index contributed by atoms with van der Waals surface area (Å²) in [7, 11) is -3.93. The predicted molar refractivity (Wildman–Crippen MR) is 107 cm³/mol. The highest BCUT2D eigenvalue weighted by molar-refractivity contribution is 7.49. The summed E-state index contributed by atoms with van der Waals surface area (Å²) in [6.07, 6.45) is 0. The Morgan fingerprint density at radius 1 is 0.519 bits per heavy atom. The minimum atomic E-state index is -3.93. The van der Waals surface area contributed by atoms with Gasteiger partial charge in [-0.15, -0.1) is 0 Å². The maximum absolute atomic E-state index is 13.3. The molecule has 27 heavy (non-hydrogen) atoms. The van der Waals surface area contributed by atoms with E-state index in [2.05, 4.69) is 0 Å². The molecule has 0 amide bonds. The van der Waals surface area contributed by atoms with Crippen LogP contribution in [0.2, 0.25) is 0 Å². The van der Waals surface area contributed by atoms with Gasteiger partial charge in [-0.2, -0.15) is 4.57 Å². The van der Waals surface area contributed by atoms with Gasteiger partial charge in [0.05, 0.1) is 0 Å². The molecule has 3 aromatic rings. The number of benzene rings is 3. The molecule has 0 aromatic heterocycles. The summed E-state index contributed by atoms with van der Waals surface area (Å²) in [5, 5.41) is 0. The first kappa shape index (κ1) is 20.6. The Bertz CT molecular complexity index is 780. The van der Waals surface area contributed by atoms with Crippen molar-refractivity contribution in [3.63, 3.8) is 0 Å². The largest absolute Gasteiger partial charge is 0.647 e. The lowest BCUT2D eigenvalue weighted by Gasteiger charge is -2.19. The summed E-state index contributed by atoms with van der Waals surface area (Å²) in [5.74, 6) is 1.24. The third-order valence-electron chi connectivity index (χ3n) is 3.71. The molecule has 0 bridgehead atoms. The Balaban J connectivity index is 0.00000261. The van der Waals surface area contributed by atoms with Crippen molar-refractivity contribution < 1.29 is 23.6 Å². The van der Waals surface area contributed by atoms with Crippen LogP contribution in [0.5, 0.6) is 17.2 Å². The van der Waals surface area contributed by atoms with E-state index >= 15 is 0 Å². The first-order chi connectivity index (χ1) is 12.4. The molecule has 6 heteroatoms. The lowest BCUT2D eigenvalue weighted by atomic mass is 10.2. The van der Waals surface area contributed by atoms with Crippen LogP contribution in [0.1, 0.15) is 16.7 Å².